The van der Waals surface area contributed by atoms with Crippen LogP contribution >= 0.6 is 11.3 Å². The molecule has 32 heavy (non-hydrogen) atoms. The van der Waals surface area contributed by atoms with Crippen LogP contribution in [0.25, 0.3) is 10.2 Å². The number of halogens is 3. The number of primary amides is 1. The van der Waals surface area contributed by atoms with E-state index in [0.717, 1.165) is 20.5 Å². The molecule has 2 aromatic heterocycles. The average molecular weight is 478 g/mol. The lowest BCUT2D eigenvalue weighted by Gasteiger charge is -2.24. The van der Waals surface area contributed by atoms with Gasteiger partial charge in [0.25, 0.3) is 5.56 Å². The highest BCUT2D eigenvalue weighted by molar-refractivity contribution is 7.18. The molecular formula is C19H25F3N4O5S. The van der Waals surface area contributed by atoms with Crippen molar-refractivity contribution in [1.29, 1.82) is 0 Å². The van der Waals surface area contributed by atoms with Crippen molar-refractivity contribution in [2.45, 2.75) is 57.8 Å². The number of thiophene rings is 1. The van der Waals surface area contributed by atoms with E-state index in [0.29, 0.717) is 23.3 Å². The predicted molar refractivity (Wildman–Crippen MR) is 112 cm³/mol. The van der Waals surface area contributed by atoms with Crippen LogP contribution in [0.1, 0.15) is 35.7 Å². The van der Waals surface area contributed by atoms with Gasteiger partial charge in [-0.2, -0.15) is 13.2 Å². The molecule has 2 amide bonds. The number of carbonyl (C=O) groups is 1. The van der Waals surface area contributed by atoms with Crippen molar-refractivity contribution in [3.8, 4) is 0 Å². The molecule has 0 atom stereocenters. The van der Waals surface area contributed by atoms with E-state index in [2.05, 4.69) is 0 Å². The average Bonchev–Trinajstić information content (AvgIpc) is 3.48. The molecule has 1 aliphatic rings. The van der Waals surface area contributed by atoms with Crippen LogP contribution in [0.5, 0.6) is 0 Å². The minimum Gasteiger partial charge on any atom is -0.354 e. The molecular weight excluding hydrogens is 453 g/mol. The maximum atomic E-state index is 13.1. The van der Waals surface area contributed by atoms with E-state index in [-0.39, 0.29) is 29.3 Å². The second-order valence-electron chi connectivity index (χ2n) is 7.66. The molecule has 0 unspecified atom stereocenters. The Hall–Kier alpha value is -2.38. The van der Waals surface area contributed by atoms with Gasteiger partial charge in [0.1, 0.15) is 4.83 Å². The molecule has 0 saturated heterocycles. The Balaban J connectivity index is 2.10. The van der Waals surface area contributed by atoms with E-state index in [4.69, 9.17) is 15.2 Å². The van der Waals surface area contributed by atoms with Crippen molar-refractivity contribution < 1.29 is 27.4 Å². The van der Waals surface area contributed by atoms with E-state index in [1.807, 2.05) is 0 Å². The summed E-state index contributed by atoms with van der Waals surface area (Å²) in [5, 5.41) is 0.193. The zero-order valence-electron chi connectivity index (χ0n) is 17.9. The summed E-state index contributed by atoms with van der Waals surface area (Å²) in [5.74, 6) is 0. The lowest BCUT2D eigenvalue weighted by atomic mass is 10.2. The van der Waals surface area contributed by atoms with Crippen LogP contribution in [0, 0.1) is 6.92 Å². The second kappa shape index (κ2) is 9.24. The van der Waals surface area contributed by atoms with Crippen molar-refractivity contribution in [3.05, 3.63) is 31.3 Å². The van der Waals surface area contributed by atoms with E-state index in [1.54, 1.807) is 6.92 Å². The smallest absolute Gasteiger partial charge is 0.354 e. The first-order valence-electron chi connectivity index (χ1n) is 9.92. The summed E-state index contributed by atoms with van der Waals surface area (Å²) in [6, 6.07) is -1.06. The van der Waals surface area contributed by atoms with E-state index < -0.39 is 42.7 Å². The Labute approximate surface area is 185 Å². The first-order chi connectivity index (χ1) is 15.0. The molecule has 13 heteroatoms. The molecule has 2 aromatic rings. The van der Waals surface area contributed by atoms with Crippen molar-refractivity contribution >= 4 is 27.6 Å². The summed E-state index contributed by atoms with van der Waals surface area (Å²) < 4.78 is 51.0. The van der Waals surface area contributed by atoms with Gasteiger partial charge in [-0.05, 0) is 25.3 Å². The Morgan fingerprint density at radius 2 is 1.91 bits per heavy atom. The third-order valence-electron chi connectivity index (χ3n) is 5.41. The maximum absolute atomic E-state index is 13.1. The molecule has 9 nitrogen and oxygen atoms in total. The normalized spacial score (nSPS) is 14.5. The van der Waals surface area contributed by atoms with E-state index in [1.165, 1.54) is 19.1 Å². The number of hydrogen-bond acceptors (Lipinski definition) is 6. The molecule has 0 aliphatic heterocycles. The number of amides is 2. The zero-order chi connectivity index (χ0) is 23.8. The summed E-state index contributed by atoms with van der Waals surface area (Å²) in [4.78, 5) is 39.9. The minimum atomic E-state index is -4.46. The van der Waals surface area contributed by atoms with Gasteiger partial charge in [-0.1, -0.05) is 0 Å². The number of aromatic nitrogens is 2. The standard InChI is InChI=1S/C19H25F3N4O5S/c1-10-12(8-24(17(23)28)9-13(30-2)31-3)32-16-14(10)15(27)26(11-4-5-11)18(29)25(16)7-6-19(20,21)22/h11,13H,4-9H2,1-3H3,(H2,23,28). The van der Waals surface area contributed by atoms with Gasteiger partial charge in [0.15, 0.2) is 6.29 Å². The number of nitrogens with zero attached hydrogens (tertiary/aromatic N) is 3. The van der Waals surface area contributed by atoms with Crippen molar-refractivity contribution in [2.24, 2.45) is 5.73 Å². The SMILES string of the molecule is COC(CN(Cc1sc2c(c1C)c(=O)n(C1CC1)c(=O)n2CCC(F)(F)F)C(N)=O)OC. The topological polar surface area (TPSA) is 109 Å². The van der Waals surface area contributed by atoms with Crippen LogP contribution in [0.4, 0.5) is 18.0 Å². The van der Waals surface area contributed by atoms with Crippen LogP contribution in [0.3, 0.4) is 0 Å². The molecule has 0 radical (unpaired) electrons. The molecule has 3 rings (SSSR count). The Morgan fingerprint density at radius 3 is 2.41 bits per heavy atom. The summed E-state index contributed by atoms with van der Waals surface area (Å²) >= 11 is 1.01. The van der Waals surface area contributed by atoms with Crippen LogP contribution < -0.4 is 17.0 Å². The van der Waals surface area contributed by atoms with Crippen molar-refractivity contribution in [3.63, 3.8) is 0 Å². The number of ether oxygens (including phenoxy) is 2. The summed E-state index contributed by atoms with van der Waals surface area (Å²) in [6.07, 6.45) is -5.15. The molecule has 178 valence electrons. The summed E-state index contributed by atoms with van der Waals surface area (Å²) in [5.41, 5.74) is 4.71. The first-order valence-corrected chi connectivity index (χ1v) is 10.7. The fourth-order valence-electron chi connectivity index (χ4n) is 3.48. The molecule has 2 N–H and O–H groups in total. The van der Waals surface area contributed by atoms with Crippen LogP contribution in [0.15, 0.2) is 9.59 Å². The molecule has 1 saturated carbocycles. The summed E-state index contributed by atoms with van der Waals surface area (Å²) in [6.45, 7) is 1.04. The molecule has 2 heterocycles. The predicted octanol–water partition coefficient (Wildman–Crippen LogP) is 2.32. The number of nitrogens with two attached hydrogens (primary N) is 1. The maximum Gasteiger partial charge on any atom is 0.390 e. The lowest BCUT2D eigenvalue weighted by molar-refractivity contribution is -0.136. The third-order valence-corrected chi connectivity index (χ3v) is 6.71. The van der Waals surface area contributed by atoms with Crippen LogP contribution in [-0.2, 0) is 22.6 Å². The van der Waals surface area contributed by atoms with Crippen molar-refractivity contribution in [1.82, 2.24) is 14.0 Å². The van der Waals surface area contributed by atoms with Gasteiger partial charge in [0.05, 0.1) is 24.9 Å². The highest BCUT2D eigenvalue weighted by Gasteiger charge is 2.32. The Morgan fingerprint density at radius 1 is 1.28 bits per heavy atom. The Bertz CT molecular complexity index is 1120. The zero-order valence-corrected chi connectivity index (χ0v) is 18.7. The second-order valence-corrected chi connectivity index (χ2v) is 8.74. The lowest BCUT2D eigenvalue weighted by Crippen LogP contribution is -2.41. The molecule has 1 aliphatic carbocycles. The number of methoxy groups -OCH3 is 2. The molecule has 0 aromatic carbocycles. The number of alkyl halides is 3. The fraction of sp³-hybridized carbons (Fsp3) is 0.632. The molecule has 0 bridgehead atoms. The van der Waals surface area contributed by atoms with Crippen LogP contribution in [-0.4, -0.2) is 53.3 Å². The van der Waals surface area contributed by atoms with E-state index in [9.17, 15) is 27.6 Å². The van der Waals surface area contributed by atoms with Gasteiger partial charge >= 0.3 is 17.9 Å². The number of carbonyl (C=O) groups excluding carboxylic acids is 1. The number of aryl methyl sites for hydroxylation is 2. The number of fused-ring (bicyclic) bond motifs is 1. The van der Waals surface area contributed by atoms with E-state index >= 15 is 0 Å². The van der Waals surface area contributed by atoms with Gasteiger partial charge in [-0.3, -0.25) is 13.9 Å². The molecule has 1 fully saturated rings. The summed E-state index contributed by atoms with van der Waals surface area (Å²) in [7, 11) is 2.80. The third kappa shape index (κ3) is 4.99. The number of rotatable bonds is 9. The first kappa shape index (κ1) is 24.3. The largest absolute Gasteiger partial charge is 0.390 e. The Kier molecular flexibility index (Phi) is 7.00. The van der Waals surface area contributed by atoms with Crippen molar-refractivity contribution in [2.75, 3.05) is 20.8 Å². The van der Waals surface area contributed by atoms with Gasteiger partial charge < -0.3 is 20.1 Å². The minimum absolute atomic E-state index is 0.00318. The number of urea groups is 1. The van der Waals surface area contributed by atoms with Gasteiger partial charge in [-0.25, -0.2) is 9.59 Å². The quantitative estimate of drug-likeness (QED) is 0.557. The highest BCUT2D eigenvalue weighted by atomic mass is 32.1. The van der Waals surface area contributed by atoms with Gasteiger partial charge in [-0.15, -0.1) is 11.3 Å². The fourth-order valence-corrected chi connectivity index (χ4v) is 4.81. The number of hydrogen-bond donors (Lipinski definition) is 1. The van der Waals surface area contributed by atoms with Gasteiger partial charge in [0, 0.05) is 31.7 Å². The monoisotopic (exact) mass is 478 g/mol. The highest BCUT2D eigenvalue weighted by Crippen LogP contribution is 2.35. The van der Waals surface area contributed by atoms with Gasteiger partial charge in [0.2, 0.25) is 0 Å². The molecule has 0 spiro atoms. The van der Waals surface area contributed by atoms with Crippen LogP contribution in [0.2, 0.25) is 0 Å².